The van der Waals surface area contributed by atoms with E-state index in [4.69, 9.17) is 8.92 Å². The van der Waals surface area contributed by atoms with Crippen LogP contribution < -0.4 is 0 Å². The molecule has 1 amide bonds. The molecule has 2 atom stereocenters. The van der Waals surface area contributed by atoms with Crippen LogP contribution in [0.15, 0.2) is 30.6 Å². The van der Waals surface area contributed by atoms with E-state index in [9.17, 15) is 23.3 Å². The number of carbonyl (C=O) groups excluding carboxylic acids is 1. The molecule has 1 aliphatic rings. The number of aromatic amines is 1. The Morgan fingerprint density at radius 2 is 2.11 bits per heavy atom. The zero-order valence-corrected chi connectivity index (χ0v) is 15.5. The Bertz CT molecular complexity index is 946. The van der Waals surface area contributed by atoms with Crippen LogP contribution >= 0.6 is 0 Å². The van der Waals surface area contributed by atoms with Gasteiger partial charge in [-0.15, -0.1) is 0 Å². The number of nitrogens with one attached hydrogen (secondary N) is 1. The number of nitrogens with zero attached hydrogens (tertiary/aromatic N) is 4. The van der Waals surface area contributed by atoms with Crippen molar-refractivity contribution in [1.29, 1.82) is 0 Å². The maximum absolute atomic E-state index is 12.5. The Balaban J connectivity index is 1.68. The van der Waals surface area contributed by atoms with Gasteiger partial charge >= 0.3 is 6.09 Å². The van der Waals surface area contributed by atoms with Crippen molar-refractivity contribution >= 4 is 21.9 Å². The Morgan fingerprint density at radius 1 is 1.39 bits per heavy atom. The highest BCUT2D eigenvalue weighted by Crippen LogP contribution is 2.32. The fourth-order valence-electron chi connectivity index (χ4n) is 2.88. The molecule has 1 aromatic heterocycles. The first-order chi connectivity index (χ1) is 13.2. The lowest BCUT2D eigenvalue weighted by Crippen LogP contribution is -2.33. The van der Waals surface area contributed by atoms with Gasteiger partial charge in [-0.25, -0.2) is 9.78 Å². The van der Waals surface area contributed by atoms with Crippen molar-refractivity contribution < 1.29 is 27.1 Å². The maximum Gasteiger partial charge on any atom is 0.410 e. The van der Waals surface area contributed by atoms with Crippen LogP contribution in [0, 0.1) is 10.1 Å². The SMILES string of the molecule is CS(=O)(=O)O[C@@H]1C[C@@H](c2nc[nH]n2)N(C(=O)OCc2ccc([N+](=O)[O-])cc2)C1. The van der Waals surface area contributed by atoms with E-state index in [0.717, 1.165) is 6.26 Å². The number of ether oxygens (including phenoxy) is 1. The number of rotatable bonds is 6. The number of aromatic nitrogens is 3. The van der Waals surface area contributed by atoms with Crippen molar-refractivity contribution in [2.24, 2.45) is 0 Å². The van der Waals surface area contributed by atoms with Gasteiger partial charge in [0.25, 0.3) is 15.8 Å². The molecule has 150 valence electrons. The Morgan fingerprint density at radius 3 is 2.68 bits per heavy atom. The molecule has 0 unspecified atom stereocenters. The van der Waals surface area contributed by atoms with Crippen LogP contribution in [0.3, 0.4) is 0 Å². The molecule has 0 bridgehead atoms. The smallest absolute Gasteiger partial charge is 0.410 e. The minimum absolute atomic E-state index is 0.00856. The van der Waals surface area contributed by atoms with E-state index in [-0.39, 0.29) is 25.3 Å². The monoisotopic (exact) mass is 411 g/mol. The number of non-ortho nitro benzene ring substituents is 1. The summed E-state index contributed by atoms with van der Waals surface area (Å²) in [7, 11) is -3.70. The number of nitro benzene ring substituents is 1. The summed E-state index contributed by atoms with van der Waals surface area (Å²) in [6, 6.07) is 4.98. The van der Waals surface area contributed by atoms with Gasteiger partial charge < -0.3 is 4.74 Å². The van der Waals surface area contributed by atoms with Crippen LogP contribution in [0.2, 0.25) is 0 Å². The second kappa shape index (κ2) is 7.90. The predicted octanol–water partition coefficient (Wildman–Crippen LogP) is 1.14. The van der Waals surface area contributed by atoms with Crippen LogP contribution in [0.1, 0.15) is 23.9 Å². The van der Waals surface area contributed by atoms with Crippen LogP contribution in [-0.4, -0.2) is 58.4 Å². The standard InChI is InChI=1S/C15H17N5O7S/c1-28(24,25)27-12-6-13(14-16-9-17-18-14)19(7-12)15(21)26-8-10-2-4-11(5-3-10)20(22)23/h2-5,9,12-13H,6-8H2,1H3,(H,16,17,18)/t12-,13+/m1/s1. The van der Waals surface area contributed by atoms with Gasteiger partial charge in [-0.05, 0) is 17.7 Å². The lowest BCUT2D eigenvalue weighted by atomic mass is 10.2. The van der Waals surface area contributed by atoms with E-state index < -0.39 is 33.3 Å². The molecule has 1 aromatic carbocycles. The summed E-state index contributed by atoms with van der Waals surface area (Å²) in [6.45, 7) is -0.114. The van der Waals surface area contributed by atoms with E-state index in [1.54, 1.807) is 0 Å². The summed E-state index contributed by atoms with van der Waals surface area (Å²) in [6.07, 6.45) is 1.03. The van der Waals surface area contributed by atoms with Gasteiger partial charge in [0.15, 0.2) is 5.82 Å². The van der Waals surface area contributed by atoms with Crippen LogP contribution in [0.25, 0.3) is 0 Å². The lowest BCUT2D eigenvalue weighted by Gasteiger charge is -2.21. The van der Waals surface area contributed by atoms with Crippen molar-refractivity contribution in [3.8, 4) is 0 Å². The summed E-state index contributed by atoms with van der Waals surface area (Å²) >= 11 is 0. The normalized spacial score (nSPS) is 19.5. The van der Waals surface area contributed by atoms with Crippen molar-refractivity contribution in [1.82, 2.24) is 20.1 Å². The minimum atomic E-state index is -3.70. The number of nitro groups is 1. The molecule has 3 rings (SSSR count). The molecule has 0 aliphatic carbocycles. The van der Waals surface area contributed by atoms with Crippen molar-refractivity contribution in [3.05, 3.63) is 52.1 Å². The summed E-state index contributed by atoms with van der Waals surface area (Å²) in [5, 5.41) is 17.2. The molecular weight excluding hydrogens is 394 g/mol. The third-order valence-corrected chi connectivity index (χ3v) is 4.67. The number of benzene rings is 1. The number of H-pyrrole nitrogens is 1. The number of hydrogen-bond acceptors (Lipinski definition) is 9. The minimum Gasteiger partial charge on any atom is -0.445 e. The van der Waals surface area contributed by atoms with E-state index in [1.165, 1.54) is 35.5 Å². The van der Waals surface area contributed by atoms with E-state index in [0.29, 0.717) is 11.4 Å². The van der Waals surface area contributed by atoms with Crippen LogP contribution in [0.5, 0.6) is 0 Å². The number of carbonyl (C=O) groups is 1. The quantitative estimate of drug-likeness (QED) is 0.418. The van der Waals surface area contributed by atoms with Gasteiger partial charge in [-0.2, -0.15) is 13.5 Å². The van der Waals surface area contributed by atoms with Crippen molar-refractivity contribution in [3.63, 3.8) is 0 Å². The molecule has 28 heavy (non-hydrogen) atoms. The molecular formula is C15H17N5O7S. The first-order valence-electron chi connectivity index (χ1n) is 8.13. The average molecular weight is 411 g/mol. The summed E-state index contributed by atoms with van der Waals surface area (Å²) in [4.78, 5) is 28.0. The first kappa shape index (κ1) is 19.7. The fraction of sp³-hybridized carbons (Fsp3) is 0.400. The topological polar surface area (TPSA) is 158 Å². The molecule has 12 nitrogen and oxygen atoms in total. The molecule has 0 radical (unpaired) electrons. The number of amides is 1. The van der Waals surface area contributed by atoms with Crippen molar-refractivity contribution in [2.45, 2.75) is 25.2 Å². The molecule has 1 saturated heterocycles. The van der Waals surface area contributed by atoms with Crippen molar-refractivity contribution in [2.75, 3.05) is 12.8 Å². The Kier molecular flexibility index (Phi) is 5.56. The zero-order chi connectivity index (χ0) is 20.3. The van der Waals surface area contributed by atoms with E-state index in [1.807, 2.05) is 0 Å². The van der Waals surface area contributed by atoms with E-state index in [2.05, 4.69) is 15.2 Å². The number of hydrogen-bond donors (Lipinski definition) is 1. The zero-order valence-electron chi connectivity index (χ0n) is 14.7. The average Bonchev–Trinajstić information content (AvgIpc) is 3.28. The van der Waals surface area contributed by atoms with Gasteiger partial charge in [-0.1, -0.05) is 0 Å². The molecule has 1 N–H and O–H groups in total. The molecule has 0 saturated carbocycles. The lowest BCUT2D eigenvalue weighted by molar-refractivity contribution is -0.384. The third-order valence-electron chi connectivity index (χ3n) is 4.05. The maximum atomic E-state index is 12.5. The highest BCUT2D eigenvalue weighted by molar-refractivity contribution is 7.86. The fourth-order valence-corrected chi connectivity index (χ4v) is 3.52. The van der Waals surface area contributed by atoms with E-state index >= 15 is 0 Å². The van der Waals surface area contributed by atoms with Gasteiger partial charge in [0.2, 0.25) is 0 Å². The van der Waals surface area contributed by atoms with Crippen LogP contribution in [-0.2, 0) is 25.6 Å². The van der Waals surface area contributed by atoms with Gasteiger partial charge in [0.05, 0.1) is 29.9 Å². The molecule has 1 fully saturated rings. The molecule has 2 aromatic rings. The molecule has 13 heteroatoms. The predicted molar refractivity (Wildman–Crippen MR) is 93.4 cm³/mol. The van der Waals surface area contributed by atoms with Crippen LogP contribution in [0.4, 0.5) is 10.5 Å². The summed E-state index contributed by atoms with van der Waals surface area (Å²) in [5.74, 6) is 0.312. The number of likely N-dealkylation sites (tertiary alicyclic amines) is 1. The summed E-state index contributed by atoms with van der Waals surface area (Å²) in [5.41, 5.74) is 0.497. The summed E-state index contributed by atoms with van der Waals surface area (Å²) < 4.78 is 33.1. The first-order valence-corrected chi connectivity index (χ1v) is 9.95. The van der Waals surface area contributed by atoms with Gasteiger partial charge in [0, 0.05) is 18.6 Å². The van der Waals surface area contributed by atoms with Gasteiger partial charge in [-0.3, -0.25) is 24.3 Å². The molecule has 2 heterocycles. The third kappa shape index (κ3) is 4.80. The second-order valence-corrected chi connectivity index (χ2v) is 7.76. The second-order valence-electron chi connectivity index (χ2n) is 6.16. The Labute approximate surface area is 159 Å². The highest BCUT2D eigenvalue weighted by atomic mass is 32.2. The van der Waals surface area contributed by atoms with Gasteiger partial charge in [0.1, 0.15) is 12.9 Å². The largest absolute Gasteiger partial charge is 0.445 e. The molecule has 1 aliphatic heterocycles. The Hall–Kier alpha value is -3.06. The highest BCUT2D eigenvalue weighted by Gasteiger charge is 2.41. The molecule has 0 spiro atoms.